The Morgan fingerprint density at radius 3 is 2.39 bits per heavy atom. The fourth-order valence-electron chi connectivity index (χ4n) is 2.88. The summed E-state index contributed by atoms with van der Waals surface area (Å²) in [7, 11) is 1.64. The van der Waals surface area contributed by atoms with Gasteiger partial charge in [-0.2, -0.15) is 9.78 Å². The summed E-state index contributed by atoms with van der Waals surface area (Å²) in [6.45, 7) is 4.69. The molecule has 0 N–H and O–H groups in total. The second-order valence-electron chi connectivity index (χ2n) is 6.79. The van der Waals surface area contributed by atoms with Gasteiger partial charge >= 0.3 is 0 Å². The molecule has 0 aliphatic carbocycles. The quantitative estimate of drug-likeness (QED) is 0.622. The highest BCUT2D eigenvalue weighted by Gasteiger charge is 2.20. The lowest BCUT2D eigenvalue weighted by Crippen LogP contribution is -2.15. The molecule has 144 valence electrons. The number of rotatable bonds is 6. The van der Waals surface area contributed by atoms with E-state index in [2.05, 4.69) is 48.3 Å². The van der Waals surface area contributed by atoms with Gasteiger partial charge in [0.15, 0.2) is 5.82 Å². The average molecular weight is 395 g/mol. The third-order valence-corrected chi connectivity index (χ3v) is 5.50. The molecular formula is C21H22N4O2S. The Bertz CT molecular complexity index is 979. The van der Waals surface area contributed by atoms with Crippen molar-refractivity contribution in [3.05, 3.63) is 65.5 Å². The Hall–Kier alpha value is -2.80. The van der Waals surface area contributed by atoms with Crippen molar-refractivity contribution in [1.82, 2.24) is 14.9 Å². The van der Waals surface area contributed by atoms with Gasteiger partial charge in [-0.25, -0.2) is 0 Å². The maximum atomic E-state index is 5.84. The third-order valence-electron chi connectivity index (χ3n) is 4.57. The van der Waals surface area contributed by atoms with Crippen molar-refractivity contribution in [1.29, 1.82) is 0 Å². The first kappa shape index (κ1) is 18.6. The lowest BCUT2D eigenvalue weighted by molar-refractivity contribution is 0.289. The van der Waals surface area contributed by atoms with E-state index in [9.17, 15) is 0 Å². The van der Waals surface area contributed by atoms with Crippen LogP contribution in [-0.2, 0) is 6.61 Å². The largest absolute Gasteiger partial charge is 0.497 e. The van der Waals surface area contributed by atoms with Gasteiger partial charge < -0.3 is 9.47 Å². The van der Waals surface area contributed by atoms with Gasteiger partial charge in [0, 0.05) is 5.75 Å². The summed E-state index contributed by atoms with van der Waals surface area (Å²) in [5.41, 5.74) is 3.46. The molecule has 28 heavy (non-hydrogen) atoms. The predicted octanol–water partition coefficient (Wildman–Crippen LogP) is 4.35. The van der Waals surface area contributed by atoms with E-state index in [0.717, 1.165) is 33.7 Å². The second kappa shape index (κ2) is 8.06. The van der Waals surface area contributed by atoms with E-state index < -0.39 is 0 Å². The molecule has 0 unspecified atom stereocenters. The van der Waals surface area contributed by atoms with Gasteiger partial charge in [-0.3, -0.25) is 0 Å². The minimum atomic E-state index is 0.295. The first-order valence-electron chi connectivity index (χ1n) is 9.16. The fraction of sp³-hybridized carbons (Fsp3) is 0.286. The predicted molar refractivity (Wildman–Crippen MR) is 111 cm³/mol. The molecule has 3 aromatic rings. The summed E-state index contributed by atoms with van der Waals surface area (Å²) < 4.78 is 12.8. The zero-order valence-electron chi connectivity index (χ0n) is 16.1. The number of nitrogens with zero attached hydrogens (tertiary/aromatic N) is 4. The molecule has 7 heteroatoms. The maximum absolute atomic E-state index is 5.84. The second-order valence-corrected chi connectivity index (χ2v) is 7.73. The highest BCUT2D eigenvalue weighted by atomic mass is 32.2. The number of methoxy groups -OCH3 is 1. The van der Waals surface area contributed by atoms with Crippen LogP contribution in [0.5, 0.6) is 11.5 Å². The standard InChI is InChI=1S/C21H22N4O2S/c1-14(2)15-4-6-16(7-5-15)19-13-28-21-23-22-20(25(21)24-19)12-27-18-10-8-17(26-3)9-11-18/h4-11,14H,12-13H2,1-3H3. The molecule has 0 atom stereocenters. The Labute approximate surface area is 168 Å². The molecule has 1 aliphatic heterocycles. The fourth-order valence-corrected chi connectivity index (χ4v) is 3.74. The van der Waals surface area contributed by atoms with Gasteiger partial charge in [0.1, 0.15) is 18.1 Å². The first-order valence-corrected chi connectivity index (χ1v) is 10.1. The van der Waals surface area contributed by atoms with Crippen molar-refractivity contribution in [2.24, 2.45) is 5.10 Å². The number of benzene rings is 2. The molecule has 0 saturated carbocycles. The summed E-state index contributed by atoms with van der Waals surface area (Å²) >= 11 is 1.64. The number of hydrogen-bond donors (Lipinski definition) is 0. The minimum absolute atomic E-state index is 0.295. The van der Waals surface area contributed by atoms with Crippen LogP contribution in [0.3, 0.4) is 0 Å². The van der Waals surface area contributed by atoms with Crippen LogP contribution in [-0.4, -0.2) is 33.4 Å². The van der Waals surface area contributed by atoms with Crippen LogP contribution in [0.15, 0.2) is 58.8 Å². The summed E-state index contributed by atoms with van der Waals surface area (Å²) in [6.07, 6.45) is 0. The molecule has 0 radical (unpaired) electrons. The average Bonchev–Trinajstić information content (AvgIpc) is 3.15. The number of hydrogen-bond acceptors (Lipinski definition) is 6. The Morgan fingerprint density at radius 1 is 1.00 bits per heavy atom. The van der Waals surface area contributed by atoms with E-state index in [0.29, 0.717) is 18.3 Å². The first-order chi connectivity index (χ1) is 13.6. The van der Waals surface area contributed by atoms with E-state index in [1.165, 1.54) is 5.56 Å². The van der Waals surface area contributed by atoms with Gasteiger partial charge in [-0.05, 0) is 41.3 Å². The molecule has 6 nitrogen and oxygen atoms in total. The van der Waals surface area contributed by atoms with E-state index in [1.807, 2.05) is 24.3 Å². The molecule has 2 heterocycles. The van der Waals surface area contributed by atoms with Crippen molar-refractivity contribution in [3.63, 3.8) is 0 Å². The summed E-state index contributed by atoms with van der Waals surface area (Å²) in [5.74, 6) is 3.51. The normalized spacial score (nSPS) is 13.2. The van der Waals surface area contributed by atoms with E-state index in [4.69, 9.17) is 14.6 Å². The van der Waals surface area contributed by atoms with E-state index >= 15 is 0 Å². The van der Waals surface area contributed by atoms with Gasteiger partial charge in [0.25, 0.3) is 0 Å². The molecule has 1 aromatic heterocycles. The SMILES string of the molecule is COc1ccc(OCc2nnc3n2N=C(c2ccc(C(C)C)cc2)CS3)cc1. The lowest BCUT2D eigenvalue weighted by atomic mass is 10.0. The summed E-state index contributed by atoms with van der Waals surface area (Å²) in [6, 6.07) is 16.1. The lowest BCUT2D eigenvalue weighted by Gasteiger charge is -2.15. The number of thioether (sulfide) groups is 1. The highest BCUT2D eigenvalue weighted by Crippen LogP contribution is 2.26. The van der Waals surface area contributed by atoms with Crippen molar-refractivity contribution >= 4 is 17.5 Å². The molecule has 0 spiro atoms. The number of ether oxygens (including phenoxy) is 2. The molecule has 4 rings (SSSR count). The smallest absolute Gasteiger partial charge is 0.212 e. The van der Waals surface area contributed by atoms with E-state index in [1.54, 1.807) is 23.5 Å². The Balaban J connectivity index is 1.52. The van der Waals surface area contributed by atoms with Crippen molar-refractivity contribution in [2.45, 2.75) is 31.5 Å². The molecule has 0 fully saturated rings. The van der Waals surface area contributed by atoms with Crippen LogP contribution in [0, 0.1) is 0 Å². The van der Waals surface area contributed by atoms with Gasteiger partial charge in [0.2, 0.25) is 5.16 Å². The van der Waals surface area contributed by atoms with Gasteiger partial charge in [-0.1, -0.05) is 49.9 Å². The van der Waals surface area contributed by atoms with Crippen LogP contribution in [0.1, 0.15) is 36.7 Å². The van der Waals surface area contributed by atoms with Crippen LogP contribution < -0.4 is 9.47 Å². The Kier molecular flexibility index (Phi) is 5.34. The zero-order chi connectivity index (χ0) is 19.5. The number of fused-ring (bicyclic) bond motifs is 1. The monoisotopic (exact) mass is 394 g/mol. The van der Waals surface area contributed by atoms with Crippen LogP contribution >= 0.6 is 11.8 Å². The molecule has 1 aliphatic rings. The van der Waals surface area contributed by atoms with Crippen molar-refractivity contribution in [2.75, 3.05) is 12.9 Å². The molecule has 0 amide bonds. The number of aromatic nitrogens is 3. The minimum Gasteiger partial charge on any atom is -0.497 e. The van der Waals surface area contributed by atoms with Crippen molar-refractivity contribution < 1.29 is 9.47 Å². The zero-order valence-corrected chi connectivity index (χ0v) is 16.9. The van der Waals surface area contributed by atoms with Gasteiger partial charge in [0.05, 0.1) is 12.8 Å². The van der Waals surface area contributed by atoms with Gasteiger partial charge in [-0.15, -0.1) is 10.2 Å². The Morgan fingerprint density at radius 2 is 1.71 bits per heavy atom. The maximum Gasteiger partial charge on any atom is 0.212 e. The highest BCUT2D eigenvalue weighted by molar-refractivity contribution is 7.99. The summed E-state index contributed by atoms with van der Waals surface area (Å²) in [4.78, 5) is 0. The van der Waals surface area contributed by atoms with Crippen LogP contribution in [0.2, 0.25) is 0 Å². The summed E-state index contributed by atoms with van der Waals surface area (Å²) in [5, 5.41) is 14.0. The molecular weight excluding hydrogens is 372 g/mol. The molecule has 0 bridgehead atoms. The topological polar surface area (TPSA) is 61.5 Å². The van der Waals surface area contributed by atoms with Crippen molar-refractivity contribution in [3.8, 4) is 11.5 Å². The van der Waals surface area contributed by atoms with Crippen LogP contribution in [0.25, 0.3) is 0 Å². The van der Waals surface area contributed by atoms with E-state index in [-0.39, 0.29) is 0 Å². The molecule has 0 saturated heterocycles. The molecule has 2 aromatic carbocycles. The van der Waals surface area contributed by atoms with Crippen LogP contribution in [0.4, 0.5) is 0 Å². The third kappa shape index (κ3) is 3.89.